The molecule has 2 amide bonds. The average Bonchev–Trinajstić information content (AvgIpc) is 3.01. The van der Waals surface area contributed by atoms with E-state index in [1.54, 1.807) is 24.3 Å². The lowest BCUT2D eigenvalue weighted by Gasteiger charge is -2.19. The Kier molecular flexibility index (Phi) is 6.16. The van der Waals surface area contributed by atoms with Crippen LogP contribution < -0.4 is 15.4 Å². The Balaban J connectivity index is 2.04. The van der Waals surface area contributed by atoms with Crippen LogP contribution in [0.5, 0.6) is 5.75 Å². The number of benzene rings is 2. The van der Waals surface area contributed by atoms with Gasteiger partial charge in [-0.1, -0.05) is 41.6 Å². The van der Waals surface area contributed by atoms with Gasteiger partial charge in [-0.25, -0.2) is 0 Å². The molecule has 8 heteroatoms. The highest BCUT2D eigenvalue weighted by molar-refractivity contribution is 8.05. The molecule has 1 heterocycles. The molecular formula is C21H18ClN3O3S. The number of carbonyl (C=O) groups is 2. The molecule has 2 N–H and O–H groups in total. The number of amides is 2. The van der Waals surface area contributed by atoms with E-state index >= 15 is 0 Å². The predicted molar refractivity (Wildman–Crippen MR) is 114 cm³/mol. The molecule has 0 saturated carbocycles. The first kappa shape index (κ1) is 20.8. The highest BCUT2D eigenvalue weighted by Crippen LogP contribution is 2.42. The lowest BCUT2D eigenvalue weighted by Crippen LogP contribution is -2.31. The average molecular weight is 428 g/mol. The molecular weight excluding hydrogens is 410 g/mol. The smallest absolute Gasteiger partial charge is 0.262 e. The number of ether oxygens (including phenoxy) is 1. The highest BCUT2D eigenvalue weighted by atomic mass is 35.5. The van der Waals surface area contributed by atoms with E-state index in [0.29, 0.717) is 22.9 Å². The summed E-state index contributed by atoms with van der Waals surface area (Å²) in [7, 11) is 1.52. The zero-order chi connectivity index (χ0) is 21.1. The molecule has 2 aromatic rings. The van der Waals surface area contributed by atoms with Gasteiger partial charge in [0.2, 0.25) is 5.91 Å². The number of nitrogens with zero attached hydrogens (tertiary/aromatic N) is 2. The number of anilines is 1. The summed E-state index contributed by atoms with van der Waals surface area (Å²) in [5.41, 5.74) is 7.46. The molecule has 3 rings (SSSR count). The second kappa shape index (κ2) is 8.60. The lowest BCUT2D eigenvalue weighted by atomic mass is 10.1. The largest absolute Gasteiger partial charge is 0.497 e. The van der Waals surface area contributed by atoms with Crippen LogP contribution in [0.4, 0.5) is 5.69 Å². The number of rotatable bonds is 5. The fourth-order valence-electron chi connectivity index (χ4n) is 2.96. The molecule has 6 nitrogen and oxygen atoms in total. The van der Waals surface area contributed by atoms with Crippen LogP contribution in [0.2, 0.25) is 5.02 Å². The molecule has 0 aromatic heterocycles. The molecule has 0 radical (unpaired) electrons. The summed E-state index contributed by atoms with van der Waals surface area (Å²) < 4.78 is 5.23. The Hall–Kier alpha value is -2.95. The predicted octanol–water partition coefficient (Wildman–Crippen LogP) is 3.57. The summed E-state index contributed by atoms with van der Waals surface area (Å²) >= 11 is 7.36. The van der Waals surface area contributed by atoms with Crippen LogP contribution in [0.15, 0.2) is 53.1 Å². The SMILES string of the molecule is COc1cccc(N2C(=O)C(Cc3ccc(C)c(Cl)c3)S/C2=C(/C#N)C(N)=O)c1. The number of methoxy groups -OCH3 is 1. The molecule has 148 valence electrons. The summed E-state index contributed by atoms with van der Waals surface area (Å²) in [6.45, 7) is 1.90. The summed E-state index contributed by atoms with van der Waals surface area (Å²) in [5, 5.41) is 9.76. The van der Waals surface area contributed by atoms with Gasteiger partial charge >= 0.3 is 0 Å². The van der Waals surface area contributed by atoms with Gasteiger partial charge in [0.1, 0.15) is 22.4 Å². The van der Waals surface area contributed by atoms with E-state index in [-0.39, 0.29) is 16.5 Å². The first-order valence-electron chi connectivity index (χ1n) is 8.69. The maximum atomic E-state index is 13.3. The summed E-state index contributed by atoms with van der Waals surface area (Å²) in [4.78, 5) is 26.4. The molecule has 0 bridgehead atoms. The van der Waals surface area contributed by atoms with E-state index in [9.17, 15) is 14.9 Å². The Morgan fingerprint density at radius 3 is 2.72 bits per heavy atom. The third-order valence-electron chi connectivity index (χ3n) is 4.49. The van der Waals surface area contributed by atoms with Gasteiger partial charge in [-0.3, -0.25) is 14.5 Å². The quantitative estimate of drug-likeness (QED) is 0.581. The fraction of sp³-hybridized carbons (Fsp3) is 0.190. The molecule has 1 aliphatic heterocycles. The second-order valence-corrected chi connectivity index (χ2v) is 8.02. The van der Waals surface area contributed by atoms with E-state index in [0.717, 1.165) is 22.9 Å². The maximum Gasteiger partial charge on any atom is 0.262 e. The molecule has 29 heavy (non-hydrogen) atoms. The third kappa shape index (κ3) is 4.24. The number of primary amides is 1. The minimum absolute atomic E-state index is 0.224. The van der Waals surface area contributed by atoms with Gasteiger partial charge in [-0.15, -0.1) is 0 Å². The molecule has 1 aliphatic rings. The zero-order valence-corrected chi connectivity index (χ0v) is 17.4. The van der Waals surface area contributed by atoms with Gasteiger partial charge < -0.3 is 10.5 Å². The molecule has 1 fully saturated rings. The normalized spacial score (nSPS) is 17.8. The number of nitrogens with two attached hydrogens (primary N) is 1. The fourth-order valence-corrected chi connectivity index (χ4v) is 4.48. The minimum Gasteiger partial charge on any atom is -0.497 e. The van der Waals surface area contributed by atoms with Crippen molar-refractivity contribution in [3.05, 3.63) is 69.2 Å². The van der Waals surface area contributed by atoms with Gasteiger partial charge in [0.15, 0.2) is 0 Å². The standard InChI is InChI=1S/C21H18ClN3O3S/c1-12-6-7-13(8-17(12)22)9-18-20(27)25(14-4-3-5-15(10-14)28-2)21(29-18)16(11-23)19(24)26/h3-8,10,18H,9H2,1-2H3,(H2,24,26)/b21-16-. The highest BCUT2D eigenvalue weighted by Gasteiger charge is 2.40. The van der Waals surface area contributed by atoms with Gasteiger partial charge in [0.05, 0.1) is 18.0 Å². The number of carbonyl (C=O) groups excluding carboxylic acids is 2. The molecule has 0 aliphatic carbocycles. The van der Waals surface area contributed by atoms with Crippen molar-refractivity contribution in [2.75, 3.05) is 12.0 Å². The monoisotopic (exact) mass is 427 g/mol. The molecule has 1 saturated heterocycles. The Labute approximate surface area is 177 Å². The number of thioether (sulfide) groups is 1. The summed E-state index contributed by atoms with van der Waals surface area (Å²) in [5.74, 6) is -0.579. The van der Waals surface area contributed by atoms with Crippen LogP contribution in [0.25, 0.3) is 0 Å². The van der Waals surface area contributed by atoms with Crippen molar-refractivity contribution >= 4 is 40.9 Å². The number of nitriles is 1. The van der Waals surface area contributed by atoms with Gasteiger partial charge in [-0.2, -0.15) is 5.26 Å². The van der Waals surface area contributed by atoms with Crippen molar-refractivity contribution < 1.29 is 14.3 Å². The first-order chi connectivity index (χ1) is 13.8. The van der Waals surface area contributed by atoms with Crippen LogP contribution in [-0.2, 0) is 16.0 Å². The summed E-state index contributed by atoms with van der Waals surface area (Å²) in [6, 6.07) is 14.3. The van der Waals surface area contributed by atoms with Crippen molar-refractivity contribution in [3.8, 4) is 11.8 Å². The van der Waals surface area contributed by atoms with Crippen LogP contribution in [0.3, 0.4) is 0 Å². The van der Waals surface area contributed by atoms with Crippen molar-refractivity contribution in [1.29, 1.82) is 5.26 Å². The molecule has 2 aromatic carbocycles. The number of aryl methyl sites for hydroxylation is 1. The van der Waals surface area contributed by atoms with Crippen LogP contribution in [0, 0.1) is 18.3 Å². The van der Waals surface area contributed by atoms with Gasteiger partial charge in [-0.05, 0) is 42.7 Å². The van der Waals surface area contributed by atoms with E-state index in [2.05, 4.69) is 0 Å². The van der Waals surface area contributed by atoms with Crippen molar-refractivity contribution in [1.82, 2.24) is 0 Å². The van der Waals surface area contributed by atoms with Crippen molar-refractivity contribution in [2.24, 2.45) is 5.73 Å². The van der Waals surface area contributed by atoms with Crippen molar-refractivity contribution in [2.45, 2.75) is 18.6 Å². The summed E-state index contributed by atoms with van der Waals surface area (Å²) in [6.07, 6.45) is 0.394. The van der Waals surface area contributed by atoms with E-state index in [1.807, 2.05) is 31.2 Å². The van der Waals surface area contributed by atoms with Crippen LogP contribution >= 0.6 is 23.4 Å². The minimum atomic E-state index is -0.880. The Bertz CT molecular complexity index is 1060. The number of hydrogen-bond acceptors (Lipinski definition) is 5. The topological polar surface area (TPSA) is 96.4 Å². The van der Waals surface area contributed by atoms with E-state index < -0.39 is 11.2 Å². The molecule has 1 unspecified atom stereocenters. The number of hydrogen-bond donors (Lipinski definition) is 1. The van der Waals surface area contributed by atoms with E-state index in [4.69, 9.17) is 22.1 Å². The maximum absolute atomic E-state index is 13.3. The Morgan fingerprint density at radius 1 is 1.34 bits per heavy atom. The first-order valence-corrected chi connectivity index (χ1v) is 9.95. The van der Waals surface area contributed by atoms with Gasteiger partial charge in [0, 0.05) is 11.1 Å². The van der Waals surface area contributed by atoms with Gasteiger partial charge in [0.25, 0.3) is 5.91 Å². The second-order valence-electron chi connectivity index (χ2n) is 6.43. The van der Waals surface area contributed by atoms with Crippen molar-refractivity contribution in [3.63, 3.8) is 0 Å². The molecule has 1 atom stereocenters. The zero-order valence-electron chi connectivity index (χ0n) is 15.8. The van der Waals surface area contributed by atoms with E-state index in [1.165, 1.54) is 12.0 Å². The Morgan fingerprint density at radius 2 is 2.10 bits per heavy atom. The molecule has 0 spiro atoms. The number of halogens is 1. The van der Waals surface area contributed by atoms with Crippen LogP contribution in [-0.4, -0.2) is 24.2 Å². The lowest BCUT2D eigenvalue weighted by molar-refractivity contribution is -0.117. The third-order valence-corrected chi connectivity index (χ3v) is 6.16. The van der Waals surface area contributed by atoms with Crippen LogP contribution in [0.1, 0.15) is 11.1 Å².